The van der Waals surface area contributed by atoms with Crippen LogP contribution in [-0.2, 0) is 14.8 Å². The van der Waals surface area contributed by atoms with Gasteiger partial charge in [-0.1, -0.05) is 0 Å². The SMILES string of the molecule is CC(C)N1CCC[C@H](C(=O)NCCS(=O)(=O)N(C)C)C1. The Morgan fingerprint density at radius 1 is 1.40 bits per heavy atom. The molecule has 0 aromatic carbocycles. The second-order valence-electron chi connectivity index (χ2n) is 5.82. The maximum Gasteiger partial charge on any atom is 0.224 e. The molecule has 0 aromatic heterocycles. The molecule has 1 atom stereocenters. The van der Waals surface area contributed by atoms with Crippen LogP contribution in [0.5, 0.6) is 0 Å². The molecule has 6 nitrogen and oxygen atoms in total. The number of carbonyl (C=O) groups is 1. The standard InChI is InChI=1S/C13H27N3O3S/c1-11(2)16-8-5-6-12(10-16)13(17)14-7-9-20(18,19)15(3)4/h11-12H,5-10H2,1-4H3,(H,14,17)/t12-/m0/s1. The van der Waals surface area contributed by atoms with E-state index in [0.29, 0.717) is 6.04 Å². The average Bonchev–Trinajstić information content (AvgIpc) is 2.38. The number of nitrogens with one attached hydrogen (secondary N) is 1. The monoisotopic (exact) mass is 305 g/mol. The highest BCUT2D eigenvalue weighted by Gasteiger charge is 2.27. The molecule has 0 spiro atoms. The zero-order valence-electron chi connectivity index (χ0n) is 12.9. The van der Waals surface area contributed by atoms with Crippen molar-refractivity contribution in [2.45, 2.75) is 32.7 Å². The molecule has 1 saturated heterocycles. The number of carbonyl (C=O) groups excluding carboxylic acids is 1. The van der Waals surface area contributed by atoms with Crippen LogP contribution in [-0.4, -0.2) is 69.1 Å². The van der Waals surface area contributed by atoms with E-state index in [1.807, 2.05) is 0 Å². The minimum absolute atomic E-state index is 0.0202. The maximum atomic E-state index is 12.1. The summed E-state index contributed by atoms with van der Waals surface area (Å²) in [5, 5.41) is 2.75. The number of rotatable bonds is 6. The van der Waals surface area contributed by atoms with Crippen LogP contribution in [0.3, 0.4) is 0 Å². The van der Waals surface area contributed by atoms with Gasteiger partial charge in [0.15, 0.2) is 0 Å². The fraction of sp³-hybridized carbons (Fsp3) is 0.923. The zero-order valence-corrected chi connectivity index (χ0v) is 13.7. The summed E-state index contributed by atoms with van der Waals surface area (Å²) >= 11 is 0. The van der Waals surface area contributed by atoms with Crippen molar-refractivity contribution >= 4 is 15.9 Å². The van der Waals surface area contributed by atoms with Crippen LogP contribution >= 0.6 is 0 Å². The Morgan fingerprint density at radius 3 is 2.60 bits per heavy atom. The predicted molar refractivity (Wildman–Crippen MR) is 79.9 cm³/mol. The fourth-order valence-corrected chi connectivity index (χ4v) is 3.04. The molecule has 118 valence electrons. The summed E-state index contributed by atoms with van der Waals surface area (Å²) in [4.78, 5) is 14.4. The first kappa shape index (κ1) is 17.4. The number of nitrogens with zero attached hydrogens (tertiary/aromatic N) is 2. The van der Waals surface area contributed by atoms with Crippen molar-refractivity contribution in [1.82, 2.24) is 14.5 Å². The smallest absolute Gasteiger partial charge is 0.224 e. The third kappa shape index (κ3) is 5.03. The summed E-state index contributed by atoms with van der Waals surface area (Å²) in [5.74, 6) is -0.0932. The molecular formula is C13H27N3O3S. The lowest BCUT2D eigenvalue weighted by molar-refractivity contribution is -0.126. The first-order valence-corrected chi connectivity index (χ1v) is 8.77. The Labute approximate surface area is 122 Å². The van der Waals surface area contributed by atoms with Gasteiger partial charge in [-0.25, -0.2) is 12.7 Å². The molecule has 1 heterocycles. The van der Waals surface area contributed by atoms with Gasteiger partial charge >= 0.3 is 0 Å². The summed E-state index contributed by atoms with van der Waals surface area (Å²) in [5.41, 5.74) is 0. The molecule has 0 bridgehead atoms. The van der Waals surface area contributed by atoms with E-state index in [0.717, 1.165) is 25.9 Å². The average molecular weight is 305 g/mol. The number of amides is 1. The van der Waals surface area contributed by atoms with Gasteiger partial charge in [0, 0.05) is 33.2 Å². The Morgan fingerprint density at radius 2 is 2.05 bits per heavy atom. The van der Waals surface area contributed by atoms with E-state index in [9.17, 15) is 13.2 Å². The summed E-state index contributed by atoms with van der Waals surface area (Å²) in [6, 6.07) is 0.444. The molecule has 1 fully saturated rings. The molecule has 0 radical (unpaired) electrons. The van der Waals surface area contributed by atoms with Crippen molar-refractivity contribution in [3.63, 3.8) is 0 Å². The van der Waals surface area contributed by atoms with Crippen LogP contribution in [0, 0.1) is 5.92 Å². The minimum atomic E-state index is -3.24. The van der Waals surface area contributed by atoms with E-state index in [4.69, 9.17) is 0 Å². The third-order valence-electron chi connectivity index (χ3n) is 3.77. The van der Waals surface area contributed by atoms with Crippen LogP contribution in [0.2, 0.25) is 0 Å². The van der Waals surface area contributed by atoms with Gasteiger partial charge in [-0.2, -0.15) is 0 Å². The van der Waals surface area contributed by atoms with Gasteiger partial charge in [0.2, 0.25) is 15.9 Å². The van der Waals surface area contributed by atoms with Crippen molar-refractivity contribution < 1.29 is 13.2 Å². The number of sulfonamides is 1. The van der Waals surface area contributed by atoms with E-state index in [2.05, 4.69) is 24.1 Å². The van der Waals surface area contributed by atoms with E-state index in [1.54, 1.807) is 0 Å². The van der Waals surface area contributed by atoms with Crippen molar-refractivity contribution in [2.75, 3.05) is 39.5 Å². The van der Waals surface area contributed by atoms with Gasteiger partial charge in [-0.3, -0.25) is 4.79 Å². The largest absolute Gasteiger partial charge is 0.355 e. The van der Waals surface area contributed by atoms with Gasteiger partial charge in [-0.05, 0) is 33.2 Å². The van der Waals surface area contributed by atoms with Gasteiger partial charge in [-0.15, -0.1) is 0 Å². The summed E-state index contributed by atoms with van der Waals surface area (Å²) < 4.78 is 24.4. The predicted octanol–water partition coefficient (Wildman–Crippen LogP) is 0.114. The van der Waals surface area contributed by atoms with Crippen LogP contribution in [0.4, 0.5) is 0 Å². The molecule has 1 N–H and O–H groups in total. The molecule has 7 heteroatoms. The fourth-order valence-electron chi connectivity index (χ4n) is 2.32. The Balaban J connectivity index is 2.40. The zero-order chi connectivity index (χ0) is 15.3. The van der Waals surface area contributed by atoms with Crippen molar-refractivity contribution in [3.8, 4) is 0 Å². The minimum Gasteiger partial charge on any atom is -0.355 e. The highest BCUT2D eigenvalue weighted by Crippen LogP contribution is 2.18. The molecule has 1 aliphatic rings. The lowest BCUT2D eigenvalue weighted by atomic mass is 9.96. The molecule has 1 aliphatic heterocycles. The van der Waals surface area contributed by atoms with Gasteiger partial charge in [0.25, 0.3) is 0 Å². The molecule has 0 aliphatic carbocycles. The van der Waals surface area contributed by atoms with E-state index in [1.165, 1.54) is 18.4 Å². The molecule has 1 amide bonds. The molecule has 0 saturated carbocycles. The van der Waals surface area contributed by atoms with Crippen molar-refractivity contribution in [2.24, 2.45) is 5.92 Å². The Hall–Kier alpha value is -0.660. The second kappa shape index (κ2) is 7.38. The lowest BCUT2D eigenvalue weighted by Crippen LogP contribution is -2.46. The van der Waals surface area contributed by atoms with Gasteiger partial charge in [0.05, 0.1) is 11.7 Å². The second-order valence-corrected chi connectivity index (χ2v) is 8.12. The first-order chi connectivity index (χ1) is 9.24. The molecular weight excluding hydrogens is 278 g/mol. The Kier molecular flexibility index (Phi) is 6.42. The molecule has 20 heavy (non-hydrogen) atoms. The topological polar surface area (TPSA) is 69.7 Å². The van der Waals surface area contributed by atoms with Crippen LogP contribution in [0.15, 0.2) is 0 Å². The van der Waals surface area contributed by atoms with Gasteiger partial charge in [0.1, 0.15) is 0 Å². The van der Waals surface area contributed by atoms with E-state index < -0.39 is 10.0 Å². The molecule has 1 rings (SSSR count). The highest BCUT2D eigenvalue weighted by molar-refractivity contribution is 7.89. The van der Waals surface area contributed by atoms with Crippen molar-refractivity contribution in [3.05, 3.63) is 0 Å². The van der Waals surface area contributed by atoms with Crippen LogP contribution < -0.4 is 5.32 Å². The Bertz CT molecular complexity index is 421. The maximum absolute atomic E-state index is 12.1. The summed E-state index contributed by atoms with van der Waals surface area (Å²) in [6.45, 7) is 6.24. The quantitative estimate of drug-likeness (QED) is 0.756. The highest BCUT2D eigenvalue weighted by atomic mass is 32.2. The van der Waals surface area contributed by atoms with Crippen molar-refractivity contribution in [1.29, 1.82) is 0 Å². The van der Waals surface area contributed by atoms with E-state index in [-0.39, 0.29) is 24.1 Å². The van der Waals surface area contributed by atoms with Gasteiger partial charge < -0.3 is 10.2 Å². The summed E-state index contributed by atoms with van der Waals surface area (Å²) in [6.07, 6.45) is 1.90. The molecule has 0 unspecified atom stereocenters. The van der Waals surface area contributed by atoms with Crippen LogP contribution in [0.25, 0.3) is 0 Å². The number of likely N-dealkylation sites (tertiary alicyclic amines) is 1. The number of piperidine rings is 1. The van der Waals surface area contributed by atoms with E-state index >= 15 is 0 Å². The number of hydrogen-bond acceptors (Lipinski definition) is 4. The number of hydrogen-bond donors (Lipinski definition) is 1. The summed E-state index contributed by atoms with van der Waals surface area (Å²) in [7, 11) is -0.243. The van der Waals surface area contributed by atoms with Crippen LogP contribution in [0.1, 0.15) is 26.7 Å². The normalized spacial score (nSPS) is 21.4. The lowest BCUT2D eigenvalue weighted by Gasteiger charge is -2.34. The third-order valence-corrected chi connectivity index (χ3v) is 5.60. The molecule has 0 aromatic rings. The first-order valence-electron chi connectivity index (χ1n) is 7.16.